The van der Waals surface area contributed by atoms with Gasteiger partial charge in [-0.3, -0.25) is 37.0 Å². The van der Waals surface area contributed by atoms with E-state index in [0.29, 0.717) is 47.0 Å². The van der Waals surface area contributed by atoms with Gasteiger partial charge in [-0.2, -0.15) is 42.1 Å². The molecule has 17 N–H and O–H groups in total. The third-order valence-electron chi connectivity index (χ3n) is 9.12. The van der Waals surface area contributed by atoms with Crippen LogP contribution in [0.4, 0.5) is 4.39 Å². The molecule has 4 aromatic heterocycles. The first-order valence-electron chi connectivity index (χ1n) is 23.2. The molecular weight excluding hydrogens is 1230 g/mol. The lowest BCUT2D eigenvalue weighted by atomic mass is 10.3. The van der Waals surface area contributed by atoms with Gasteiger partial charge in [-0.05, 0) is 19.3 Å². The number of hydrogen-bond donors (Lipinski definition) is 11. The van der Waals surface area contributed by atoms with E-state index in [9.17, 15) is 46.5 Å². The van der Waals surface area contributed by atoms with Crippen molar-refractivity contribution >= 4 is 52.0 Å². The molecular formula is C35H69FN20O22S5. The van der Waals surface area contributed by atoms with Crippen LogP contribution in [0.1, 0.15) is 42.0 Å². The Hall–Kier alpha value is -5.72. The molecule has 0 aliphatic rings. The summed E-state index contributed by atoms with van der Waals surface area (Å²) < 4.78 is 199. The highest BCUT2D eigenvalue weighted by Crippen LogP contribution is 2.11. The van der Waals surface area contributed by atoms with Crippen molar-refractivity contribution in [3.05, 3.63) is 71.4 Å². The normalized spacial score (nSPS) is 12.7. The molecule has 83 heavy (non-hydrogen) atoms. The van der Waals surface area contributed by atoms with Crippen molar-refractivity contribution in [1.29, 1.82) is 0 Å². The number of nitrogens with one attached hydrogen (secondary N) is 2. The summed E-state index contributed by atoms with van der Waals surface area (Å²) in [6.07, 6.45) is 10.3. The molecule has 4 rings (SSSR count). The molecule has 4 heterocycles. The lowest BCUT2D eigenvalue weighted by Gasteiger charge is -2.20. The zero-order valence-electron chi connectivity index (χ0n) is 44.2. The van der Waals surface area contributed by atoms with Gasteiger partial charge >= 0.3 is 52.0 Å². The van der Waals surface area contributed by atoms with Crippen LogP contribution in [-0.4, -0.2) is 214 Å². The molecule has 0 unspecified atom stereocenters. The largest absolute Gasteiger partial charge is 0.400 e. The summed E-state index contributed by atoms with van der Waals surface area (Å²) in [5.74, 6) is 0. The second kappa shape index (κ2) is 38.3. The smallest absolute Gasteiger partial charge is 0.397 e. The molecule has 0 radical (unpaired) electrons. The minimum absolute atomic E-state index is 0. The molecule has 0 saturated heterocycles. The van der Waals surface area contributed by atoms with E-state index < -0.39 is 58.7 Å². The van der Waals surface area contributed by atoms with Crippen LogP contribution in [0.15, 0.2) is 48.6 Å². The van der Waals surface area contributed by atoms with Crippen LogP contribution >= 0.6 is 0 Å². The van der Waals surface area contributed by atoms with Crippen molar-refractivity contribution in [2.24, 2.45) is 11.5 Å². The molecule has 4 aromatic rings. The number of unbranched alkanes of at least 4 members (excludes halogenated alkanes) is 1. The van der Waals surface area contributed by atoms with Crippen molar-refractivity contribution in [2.75, 3.05) is 79.1 Å². The maximum absolute atomic E-state index is 12.2. The van der Waals surface area contributed by atoms with Gasteiger partial charge in [-0.15, -0.1) is 20.4 Å². The highest BCUT2D eigenvalue weighted by Gasteiger charge is 2.17. The summed E-state index contributed by atoms with van der Waals surface area (Å²) in [7, 11) is -22.7. The number of hydrogen-bond acceptors (Lipinski definition) is 33. The van der Waals surface area contributed by atoms with Crippen LogP contribution in [0.25, 0.3) is 0 Å². The van der Waals surface area contributed by atoms with E-state index >= 15 is 0 Å². The third kappa shape index (κ3) is 39.5. The minimum Gasteiger partial charge on any atom is -0.400 e. The van der Waals surface area contributed by atoms with E-state index in [1.165, 1.54) is 37.3 Å². The predicted molar refractivity (Wildman–Crippen MR) is 278 cm³/mol. The number of ether oxygens (including phenoxy) is 2. The Labute approximate surface area is 476 Å². The minimum atomic E-state index is -4.59. The lowest BCUT2D eigenvalue weighted by Crippen LogP contribution is -2.29. The molecule has 0 atom stereocenters. The quantitative estimate of drug-likeness (QED) is 0.0149. The van der Waals surface area contributed by atoms with Crippen molar-refractivity contribution in [2.45, 2.75) is 72.0 Å². The molecule has 478 valence electrons. The number of halogens is 1. The second-order valence-corrected chi connectivity index (χ2v) is 21.6. The van der Waals surface area contributed by atoms with Gasteiger partial charge in [0.15, 0.2) is 0 Å². The van der Waals surface area contributed by atoms with E-state index in [1.54, 1.807) is 18.6 Å². The van der Waals surface area contributed by atoms with Gasteiger partial charge in [0.25, 0.3) is 0 Å². The van der Waals surface area contributed by atoms with Gasteiger partial charge in [-0.1, -0.05) is 20.9 Å². The SMILES string of the molecule is N.N.N/C(=C\NCCOS(=O)(=O)O)CN(Cc1cn(CCOS(=O)(=O)O)nn1)Cc1cn(COCCCCOS(=O)(=O)O)nn1.N/C(=C\NCCOS(=O)(=O)O)CN(Cc1cn(CCOS(=O)(=O)O)nn1)Cc1cn(COCCCF)nn1. The molecule has 42 nitrogen and oxygen atoms in total. The zero-order valence-corrected chi connectivity index (χ0v) is 48.2. The monoisotopic (exact) mass is 1300 g/mol. The van der Waals surface area contributed by atoms with E-state index in [0.717, 1.165) is 0 Å². The first-order chi connectivity index (χ1) is 38.0. The maximum Gasteiger partial charge on any atom is 0.397 e. The standard InChI is InChI=1S/C18H33N9O13S3.C17H30FN9O9S2.2H3N/c19-16(9-20-3-7-39-42(31,32)33)10-25(11-17-13-26(23-21-17)4-8-40-43(34,35)36)12-18-14-27(24-22-18)15-37-5-1-2-6-38-41(28,29)30;18-2-1-5-34-14-27-13-17(22-24-27)11-25(9-15(19)8-20-3-6-35-37(28,29)30)10-16-12-26(23-21-16)4-7-36-38(31,32)33;;/h9,13-14,20H,1-8,10-12,15,19H2,(H,28,29,30)(H,31,32,33)(H,34,35,36);8,12-13,20H,1-7,9-11,14,19H2,(H,28,29,30)(H,31,32,33);2*1H3/b16-9-;15-8-;;. The Morgan fingerprint density at radius 1 is 0.482 bits per heavy atom. The number of nitrogens with two attached hydrogens (primary N) is 2. The summed E-state index contributed by atoms with van der Waals surface area (Å²) >= 11 is 0. The van der Waals surface area contributed by atoms with E-state index in [1.807, 2.05) is 9.80 Å². The molecule has 48 heteroatoms. The summed E-state index contributed by atoms with van der Waals surface area (Å²) in [5, 5.41) is 37.5. The average molecular weight is 1300 g/mol. The van der Waals surface area contributed by atoms with Gasteiger partial charge in [0.1, 0.15) is 13.5 Å². The van der Waals surface area contributed by atoms with Gasteiger partial charge in [0.2, 0.25) is 0 Å². The zero-order chi connectivity index (χ0) is 60.0. The maximum atomic E-state index is 12.2. The fraction of sp³-hybridized carbons (Fsp3) is 0.657. The van der Waals surface area contributed by atoms with Crippen molar-refractivity contribution in [3.63, 3.8) is 0 Å². The lowest BCUT2D eigenvalue weighted by molar-refractivity contribution is 0.0628. The number of rotatable bonds is 43. The first-order valence-corrected chi connectivity index (χ1v) is 30.0. The Kier molecular flexibility index (Phi) is 34.7. The number of alkyl halides is 1. The molecule has 0 aliphatic carbocycles. The molecule has 0 spiro atoms. The fourth-order valence-electron chi connectivity index (χ4n) is 6.08. The topological polar surface area (TPSA) is 612 Å². The first kappa shape index (κ1) is 75.3. The van der Waals surface area contributed by atoms with Crippen LogP contribution in [0.3, 0.4) is 0 Å². The summed E-state index contributed by atoms with van der Waals surface area (Å²) in [5.41, 5.74) is 14.9. The molecule has 0 amide bonds. The predicted octanol–water partition coefficient (Wildman–Crippen LogP) is -3.97. The van der Waals surface area contributed by atoms with Crippen LogP contribution < -0.4 is 34.4 Å². The van der Waals surface area contributed by atoms with E-state index in [4.69, 9.17) is 43.7 Å². The van der Waals surface area contributed by atoms with Crippen molar-refractivity contribution in [1.82, 2.24) is 92.7 Å². The summed E-state index contributed by atoms with van der Waals surface area (Å²) in [4.78, 5) is 3.65. The van der Waals surface area contributed by atoms with E-state index in [2.05, 4.69) is 72.8 Å². The van der Waals surface area contributed by atoms with Crippen molar-refractivity contribution in [3.8, 4) is 0 Å². The van der Waals surface area contributed by atoms with Gasteiger partial charge < -0.3 is 43.9 Å². The third-order valence-corrected chi connectivity index (χ3v) is 11.4. The average Bonchev–Trinajstić information content (AvgIpc) is 4.27. The Morgan fingerprint density at radius 2 is 0.783 bits per heavy atom. The van der Waals surface area contributed by atoms with Crippen LogP contribution in [-0.2, 0) is 135 Å². The van der Waals surface area contributed by atoms with Gasteiger partial charge in [0, 0.05) is 95.2 Å². The number of aromatic nitrogens is 12. The molecule has 0 saturated carbocycles. The molecule has 0 aromatic carbocycles. The van der Waals surface area contributed by atoms with Crippen LogP contribution in [0.2, 0.25) is 0 Å². The van der Waals surface area contributed by atoms with Gasteiger partial charge in [0.05, 0.1) is 94.6 Å². The Balaban J connectivity index is 0.000000816. The second-order valence-electron chi connectivity index (χ2n) is 16.2. The van der Waals surface area contributed by atoms with Crippen molar-refractivity contribution < 1.29 is 99.6 Å². The molecule has 0 aliphatic heterocycles. The molecule has 0 bridgehead atoms. The van der Waals surface area contributed by atoms with Gasteiger partial charge in [-0.25, -0.2) is 39.6 Å². The van der Waals surface area contributed by atoms with E-state index in [-0.39, 0.29) is 144 Å². The highest BCUT2D eigenvalue weighted by molar-refractivity contribution is 7.81. The Bertz CT molecular complexity index is 3110. The van der Waals surface area contributed by atoms with Crippen LogP contribution in [0, 0.1) is 0 Å². The van der Waals surface area contributed by atoms with Crippen LogP contribution in [0.5, 0.6) is 0 Å². The number of nitrogens with zero attached hydrogens (tertiary/aromatic N) is 14. The summed E-state index contributed by atoms with van der Waals surface area (Å²) in [6.45, 7) is 0.0537. The Morgan fingerprint density at radius 3 is 1.13 bits per heavy atom. The molecule has 0 fully saturated rings. The summed E-state index contributed by atoms with van der Waals surface area (Å²) in [6, 6.07) is 0. The fourth-order valence-corrected chi connectivity index (χ4v) is 7.57. The highest BCUT2D eigenvalue weighted by atomic mass is 32.3.